The number of fused-ring (bicyclic) bond motifs is 1. The summed E-state index contributed by atoms with van der Waals surface area (Å²) < 4.78 is 1.82. The molecule has 6 heteroatoms. The Morgan fingerprint density at radius 2 is 1.82 bits per heavy atom. The van der Waals surface area contributed by atoms with Crippen LogP contribution in [-0.4, -0.2) is 63.8 Å². The van der Waals surface area contributed by atoms with Crippen molar-refractivity contribution in [2.45, 2.75) is 6.92 Å². The Morgan fingerprint density at radius 3 is 2.54 bits per heavy atom. The number of rotatable bonds is 6. The zero-order valence-corrected chi connectivity index (χ0v) is 16.7. The lowest BCUT2D eigenvalue weighted by Crippen LogP contribution is -2.46. The summed E-state index contributed by atoms with van der Waals surface area (Å²) in [5.74, 6) is 0.841. The molecule has 1 aliphatic rings. The predicted molar refractivity (Wildman–Crippen MR) is 115 cm³/mol. The minimum Gasteiger partial charge on any atom is -0.343 e. The molecule has 146 valence electrons. The predicted octanol–water partition coefficient (Wildman–Crippen LogP) is 3.20. The Kier molecular flexibility index (Phi) is 5.41. The molecule has 0 unspecified atom stereocenters. The summed E-state index contributed by atoms with van der Waals surface area (Å²) in [6.45, 7) is 12.9. The Hall–Kier alpha value is -2.70. The Labute approximate surface area is 166 Å². The number of benzene rings is 1. The van der Waals surface area contributed by atoms with Crippen LogP contribution in [-0.2, 0) is 7.05 Å². The van der Waals surface area contributed by atoms with E-state index in [0.717, 1.165) is 72.7 Å². The van der Waals surface area contributed by atoms with Gasteiger partial charge in [-0.25, -0.2) is 4.98 Å². The number of likely N-dealkylation sites (N-methyl/N-ethyl adjacent to an activating group) is 1. The Balaban J connectivity index is 1.44. The number of aryl methyl sites for hydroxylation is 1. The number of hydrogen-bond donors (Lipinski definition) is 1. The maximum absolute atomic E-state index is 4.56. The summed E-state index contributed by atoms with van der Waals surface area (Å²) in [5.41, 5.74) is 3.26. The zero-order valence-electron chi connectivity index (χ0n) is 16.7. The molecule has 0 atom stereocenters. The van der Waals surface area contributed by atoms with Crippen molar-refractivity contribution < 1.29 is 0 Å². The maximum Gasteiger partial charge on any atom is 0.130 e. The molecule has 1 fully saturated rings. The summed E-state index contributed by atoms with van der Waals surface area (Å²) in [6.07, 6.45) is 5.83. The third kappa shape index (κ3) is 4.24. The third-order valence-electron chi connectivity index (χ3n) is 5.39. The van der Waals surface area contributed by atoms with E-state index in [-0.39, 0.29) is 0 Å². The van der Waals surface area contributed by atoms with E-state index >= 15 is 0 Å². The number of piperazine rings is 1. The fourth-order valence-corrected chi connectivity index (χ4v) is 3.71. The summed E-state index contributed by atoms with van der Waals surface area (Å²) in [7, 11) is 1.93. The molecule has 1 saturated heterocycles. The molecule has 0 bridgehead atoms. The first-order chi connectivity index (χ1) is 13.6. The zero-order chi connectivity index (χ0) is 19.5. The van der Waals surface area contributed by atoms with Gasteiger partial charge in [0.2, 0.25) is 0 Å². The van der Waals surface area contributed by atoms with Crippen molar-refractivity contribution in [3.8, 4) is 11.1 Å². The summed E-state index contributed by atoms with van der Waals surface area (Å²) in [4.78, 5) is 9.49. The molecule has 1 N–H and O–H groups in total. The Morgan fingerprint density at radius 1 is 1.04 bits per heavy atom. The van der Waals surface area contributed by atoms with Gasteiger partial charge in [-0.05, 0) is 29.6 Å². The highest BCUT2D eigenvalue weighted by atomic mass is 15.3. The average molecular weight is 377 g/mol. The lowest BCUT2D eigenvalue weighted by Gasteiger charge is -2.34. The molecule has 0 spiro atoms. The van der Waals surface area contributed by atoms with Crippen LogP contribution >= 0.6 is 0 Å². The minimum absolute atomic E-state index is 0.841. The number of anilines is 1. The maximum atomic E-state index is 4.56. The molecule has 4 rings (SSSR count). The average Bonchev–Trinajstić information content (AvgIpc) is 3.14. The van der Waals surface area contributed by atoms with Crippen LogP contribution < -0.4 is 5.32 Å². The van der Waals surface area contributed by atoms with Gasteiger partial charge in [-0.3, -0.25) is 9.58 Å². The first-order valence-electron chi connectivity index (χ1n) is 9.89. The van der Waals surface area contributed by atoms with E-state index in [1.807, 2.05) is 30.3 Å². The van der Waals surface area contributed by atoms with E-state index in [9.17, 15) is 0 Å². The molecule has 2 aromatic heterocycles. The van der Waals surface area contributed by atoms with Crippen molar-refractivity contribution in [2.24, 2.45) is 7.05 Å². The molecule has 3 heterocycles. The van der Waals surface area contributed by atoms with Crippen LogP contribution in [0, 0.1) is 0 Å². The SMILES string of the molecule is C=C(CN1CCN(CC)CC1)Nc1cc2cc(-c3cnn(C)c3)ccc2cn1. The number of hydrogen-bond acceptors (Lipinski definition) is 5. The highest BCUT2D eigenvalue weighted by Gasteiger charge is 2.16. The van der Waals surface area contributed by atoms with Gasteiger partial charge in [-0.2, -0.15) is 5.10 Å². The molecule has 1 aromatic carbocycles. The van der Waals surface area contributed by atoms with E-state index in [4.69, 9.17) is 0 Å². The molecule has 28 heavy (non-hydrogen) atoms. The molecular formula is C22H28N6. The smallest absolute Gasteiger partial charge is 0.130 e. The van der Waals surface area contributed by atoms with E-state index in [1.165, 1.54) is 0 Å². The number of nitrogens with one attached hydrogen (secondary N) is 1. The van der Waals surface area contributed by atoms with Crippen LogP contribution in [0.25, 0.3) is 21.9 Å². The van der Waals surface area contributed by atoms with Gasteiger partial charge in [-0.1, -0.05) is 25.6 Å². The number of pyridine rings is 1. The van der Waals surface area contributed by atoms with Gasteiger partial charge in [0.25, 0.3) is 0 Å². The standard InChI is InChI=1S/C22H28N6/c1-4-27-7-9-28(10-8-27)15-17(2)25-22-12-20-11-18(5-6-19(20)13-23-22)21-14-24-26(3)16-21/h5-6,11-14,16H,2,4,7-10,15H2,1,3H3,(H,23,25). The molecule has 3 aromatic rings. The minimum atomic E-state index is 0.841. The van der Waals surface area contributed by atoms with Crippen LogP contribution in [0.2, 0.25) is 0 Å². The first kappa shape index (κ1) is 18.7. The normalized spacial score (nSPS) is 15.8. The molecule has 0 saturated carbocycles. The topological polar surface area (TPSA) is 49.2 Å². The summed E-state index contributed by atoms with van der Waals surface area (Å²) in [5, 5.41) is 9.94. The van der Waals surface area contributed by atoms with Crippen molar-refractivity contribution in [3.05, 3.63) is 55.1 Å². The van der Waals surface area contributed by atoms with Gasteiger partial charge in [0.15, 0.2) is 0 Å². The van der Waals surface area contributed by atoms with Crippen LogP contribution in [0.15, 0.2) is 55.1 Å². The van der Waals surface area contributed by atoms with Gasteiger partial charge in [-0.15, -0.1) is 0 Å². The fourth-order valence-electron chi connectivity index (χ4n) is 3.71. The lowest BCUT2D eigenvalue weighted by atomic mass is 10.1. The molecule has 0 aliphatic carbocycles. The number of nitrogens with zero attached hydrogens (tertiary/aromatic N) is 5. The molecule has 0 amide bonds. The highest BCUT2D eigenvalue weighted by Crippen LogP contribution is 2.25. The second kappa shape index (κ2) is 8.12. The lowest BCUT2D eigenvalue weighted by molar-refractivity contribution is 0.146. The van der Waals surface area contributed by atoms with Gasteiger partial charge in [0, 0.05) is 68.8 Å². The largest absolute Gasteiger partial charge is 0.343 e. The van der Waals surface area contributed by atoms with Crippen molar-refractivity contribution in [2.75, 3.05) is 44.6 Å². The van der Waals surface area contributed by atoms with Crippen LogP contribution in [0.1, 0.15) is 6.92 Å². The highest BCUT2D eigenvalue weighted by molar-refractivity contribution is 5.88. The molecule has 6 nitrogen and oxygen atoms in total. The second-order valence-corrected chi connectivity index (χ2v) is 7.47. The second-order valence-electron chi connectivity index (χ2n) is 7.47. The van der Waals surface area contributed by atoms with E-state index in [2.05, 4.69) is 63.0 Å². The van der Waals surface area contributed by atoms with Crippen molar-refractivity contribution in [1.29, 1.82) is 0 Å². The summed E-state index contributed by atoms with van der Waals surface area (Å²) in [6, 6.07) is 8.50. The van der Waals surface area contributed by atoms with Crippen molar-refractivity contribution in [1.82, 2.24) is 24.6 Å². The van der Waals surface area contributed by atoms with Gasteiger partial charge >= 0.3 is 0 Å². The van der Waals surface area contributed by atoms with Crippen LogP contribution in [0.3, 0.4) is 0 Å². The molecular weight excluding hydrogens is 348 g/mol. The van der Waals surface area contributed by atoms with Gasteiger partial charge in [0.1, 0.15) is 5.82 Å². The quantitative estimate of drug-likeness (QED) is 0.716. The van der Waals surface area contributed by atoms with Crippen molar-refractivity contribution >= 4 is 16.6 Å². The van der Waals surface area contributed by atoms with E-state index < -0.39 is 0 Å². The number of aromatic nitrogens is 3. The Bertz CT molecular complexity index is 968. The monoisotopic (exact) mass is 376 g/mol. The van der Waals surface area contributed by atoms with E-state index in [1.54, 1.807) is 0 Å². The van der Waals surface area contributed by atoms with Crippen LogP contribution in [0.5, 0.6) is 0 Å². The fraction of sp³-hybridized carbons (Fsp3) is 0.364. The molecule has 1 aliphatic heterocycles. The summed E-state index contributed by atoms with van der Waals surface area (Å²) >= 11 is 0. The van der Waals surface area contributed by atoms with Crippen molar-refractivity contribution in [3.63, 3.8) is 0 Å². The molecule has 0 radical (unpaired) electrons. The van der Waals surface area contributed by atoms with E-state index in [0.29, 0.717) is 0 Å². The van der Waals surface area contributed by atoms with Gasteiger partial charge < -0.3 is 10.2 Å². The van der Waals surface area contributed by atoms with Gasteiger partial charge in [0.05, 0.1) is 6.20 Å². The first-order valence-corrected chi connectivity index (χ1v) is 9.89. The van der Waals surface area contributed by atoms with Crippen LogP contribution in [0.4, 0.5) is 5.82 Å². The third-order valence-corrected chi connectivity index (χ3v) is 5.39.